The van der Waals surface area contributed by atoms with Gasteiger partial charge in [0.2, 0.25) is 0 Å². The molecule has 0 aromatic heterocycles. The molecule has 0 aliphatic heterocycles. The van der Waals surface area contributed by atoms with Crippen molar-refractivity contribution in [2.75, 3.05) is 4.90 Å². The van der Waals surface area contributed by atoms with E-state index in [0.29, 0.717) is 11.1 Å². The Hall–Kier alpha value is -5.28. The molecule has 0 saturated carbocycles. The van der Waals surface area contributed by atoms with Gasteiger partial charge < -0.3 is 4.90 Å². The van der Waals surface area contributed by atoms with Crippen molar-refractivity contribution in [3.8, 4) is 33.4 Å². The molecule has 2 nitrogen and oxygen atoms in total. The lowest BCUT2D eigenvalue weighted by Crippen LogP contribution is -2.17. The van der Waals surface area contributed by atoms with Crippen molar-refractivity contribution >= 4 is 22.8 Å². The minimum Gasteiger partial charge on any atom is -0.310 e. The zero-order chi connectivity index (χ0) is 29.3. The van der Waals surface area contributed by atoms with Gasteiger partial charge in [-0.25, -0.2) is 4.39 Å². The predicted molar refractivity (Wildman–Crippen MR) is 173 cm³/mol. The molecule has 0 radical (unpaired) electrons. The van der Waals surface area contributed by atoms with Crippen LogP contribution in [-0.4, -0.2) is 5.78 Å². The standard InChI is InChI=1S/C40H28FNO/c1-40(2)35-13-7-6-11-31(35)32-22-20-29(24-36(32)40)42(28-18-15-26(16-19-28)25-9-4-3-5-10-25)37-14-8-12-33-30-21-17-27(41)23-34(30)39(43)38(33)37/h3-24H,1-2H3. The largest absolute Gasteiger partial charge is 0.310 e. The molecule has 0 bridgehead atoms. The molecular weight excluding hydrogens is 529 g/mol. The van der Waals surface area contributed by atoms with Crippen molar-refractivity contribution in [2.45, 2.75) is 19.3 Å². The Morgan fingerprint density at radius 3 is 2.00 bits per heavy atom. The molecule has 6 aromatic rings. The smallest absolute Gasteiger partial charge is 0.196 e. The first-order chi connectivity index (χ1) is 20.9. The van der Waals surface area contributed by atoms with Crippen LogP contribution in [0, 0.1) is 5.82 Å². The van der Waals surface area contributed by atoms with E-state index in [9.17, 15) is 9.18 Å². The minimum absolute atomic E-state index is 0.153. The topological polar surface area (TPSA) is 20.3 Å². The molecule has 0 atom stereocenters. The lowest BCUT2D eigenvalue weighted by molar-refractivity contribution is 0.104. The van der Waals surface area contributed by atoms with E-state index in [4.69, 9.17) is 0 Å². The first kappa shape index (κ1) is 25.4. The lowest BCUT2D eigenvalue weighted by Gasteiger charge is -2.29. The highest BCUT2D eigenvalue weighted by Crippen LogP contribution is 2.52. The van der Waals surface area contributed by atoms with E-state index in [2.05, 4.69) is 97.6 Å². The van der Waals surface area contributed by atoms with E-state index in [1.54, 1.807) is 6.07 Å². The summed E-state index contributed by atoms with van der Waals surface area (Å²) in [5.41, 5.74) is 12.4. The fraction of sp³-hybridized carbons (Fsp3) is 0.0750. The molecule has 2 aliphatic rings. The average molecular weight is 558 g/mol. The van der Waals surface area contributed by atoms with Gasteiger partial charge in [-0.15, -0.1) is 0 Å². The summed E-state index contributed by atoms with van der Waals surface area (Å²) in [4.78, 5) is 16.1. The third kappa shape index (κ3) is 3.81. The maximum absolute atomic E-state index is 14.3. The van der Waals surface area contributed by atoms with Gasteiger partial charge in [-0.2, -0.15) is 0 Å². The number of rotatable bonds is 4. The molecule has 0 fully saturated rings. The molecule has 8 rings (SSSR count). The summed E-state index contributed by atoms with van der Waals surface area (Å²) in [6.07, 6.45) is 0. The third-order valence-electron chi connectivity index (χ3n) is 9.08. The van der Waals surface area contributed by atoms with Crippen molar-refractivity contribution < 1.29 is 9.18 Å². The molecule has 206 valence electrons. The summed E-state index contributed by atoms with van der Waals surface area (Å²) in [6.45, 7) is 4.55. The highest BCUT2D eigenvalue weighted by Gasteiger charge is 2.37. The summed E-state index contributed by atoms with van der Waals surface area (Å²) in [7, 11) is 0. The van der Waals surface area contributed by atoms with Crippen molar-refractivity contribution in [3.63, 3.8) is 0 Å². The number of anilines is 3. The number of hydrogen-bond donors (Lipinski definition) is 0. The van der Waals surface area contributed by atoms with Gasteiger partial charge in [0.25, 0.3) is 0 Å². The monoisotopic (exact) mass is 557 g/mol. The molecular formula is C40H28FNO. The van der Waals surface area contributed by atoms with Gasteiger partial charge in [0, 0.05) is 22.4 Å². The highest BCUT2D eigenvalue weighted by molar-refractivity contribution is 6.25. The van der Waals surface area contributed by atoms with E-state index >= 15 is 0 Å². The van der Waals surface area contributed by atoms with Crippen molar-refractivity contribution in [3.05, 3.63) is 162 Å². The maximum atomic E-state index is 14.3. The number of halogens is 1. The van der Waals surface area contributed by atoms with Crippen molar-refractivity contribution in [1.82, 2.24) is 0 Å². The van der Waals surface area contributed by atoms with Crippen LogP contribution in [0.3, 0.4) is 0 Å². The molecule has 0 heterocycles. The second kappa shape index (κ2) is 9.37. The molecule has 0 N–H and O–H groups in total. The third-order valence-corrected chi connectivity index (χ3v) is 9.08. The Kier molecular flexibility index (Phi) is 5.54. The number of ketones is 1. The Morgan fingerprint density at radius 2 is 1.19 bits per heavy atom. The molecule has 2 aliphatic carbocycles. The molecule has 0 amide bonds. The Labute approximate surface area is 250 Å². The summed E-state index contributed by atoms with van der Waals surface area (Å²) in [5.74, 6) is -0.560. The molecule has 0 spiro atoms. The first-order valence-corrected chi connectivity index (χ1v) is 14.6. The number of hydrogen-bond acceptors (Lipinski definition) is 2. The second-order valence-electron chi connectivity index (χ2n) is 11.9. The number of carbonyl (C=O) groups excluding carboxylic acids is 1. The first-order valence-electron chi connectivity index (χ1n) is 14.6. The molecule has 0 unspecified atom stereocenters. The van der Waals surface area contributed by atoms with Crippen LogP contribution in [0.15, 0.2) is 133 Å². The fourth-order valence-corrected chi connectivity index (χ4v) is 6.96. The number of fused-ring (bicyclic) bond motifs is 6. The number of nitrogens with zero attached hydrogens (tertiary/aromatic N) is 1. The van der Waals surface area contributed by atoms with Crippen LogP contribution in [0.1, 0.15) is 40.9 Å². The fourth-order valence-electron chi connectivity index (χ4n) is 6.96. The van der Waals surface area contributed by atoms with E-state index in [1.165, 1.54) is 34.4 Å². The van der Waals surface area contributed by atoms with E-state index in [-0.39, 0.29) is 11.2 Å². The van der Waals surface area contributed by atoms with Gasteiger partial charge >= 0.3 is 0 Å². The van der Waals surface area contributed by atoms with E-state index < -0.39 is 5.82 Å². The molecule has 43 heavy (non-hydrogen) atoms. The quantitative estimate of drug-likeness (QED) is 0.215. The maximum Gasteiger partial charge on any atom is 0.196 e. The highest BCUT2D eigenvalue weighted by atomic mass is 19.1. The van der Waals surface area contributed by atoms with Gasteiger partial charge in [0.1, 0.15) is 5.82 Å². The average Bonchev–Trinajstić information content (AvgIpc) is 3.45. The normalized spacial score (nSPS) is 13.7. The minimum atomic E-state index is -0.407. The molecule has 3 heteroatoms. The summed E-state index contributed by atoms with van der Waals surface area (Å²) < 4.78 is 14.3. The van der Waals surface area contributed by atoms with Crippen LogP contribution in [-0.2, 0) is 5.41 Å². The summed E-state index contributed by atoms with van der Waals surface area (Å²) >= 11 is 0. The van der Waals surface area contributed by atoms with Crippen molar-refractivity contribution in [1.29, 1.82) is 0 Å². The van der Waals surface area contributed by atoms with Crippen molar-refractivity contribution in [2.24, 2.45) is 0 Å². The lowest BCUT2D eigenvalue weighted by atomic mass is 9.82. The van der Waals surface area contributed by atoms with Gasteiger partial charge in [-0.05, 0) is 87.0 Å². The van der Waals surface area contributed by atoms with Crippen LogP contribution in [0.4, 0.5) is 21.5 Å². The SMILES string of the molecule is CC1(C)c2ccccc2-c2ccc(N(c3ccc(-c4ccccc4)cc3)c3cccc4c3C(=O)c3cc(F)ccc3-4)cc21. The van der Waals surface area contributed by atoms with Crippen LogP contribution in [0.2, 0.25) is 0 Å². The number of carbonyl (C=O) groups is 1. The van der Waals surface area contributed by atoms with Gasteiger partial charge in [-0.3, -0.25) is 4.79 Å². The zero-order valence-corrected chi connectivity index (χ0v) is 23.9. The predicted octanol–water partition coefficient (Wildman–Crippen LogP) is 10.5. The Bertz CT molecular complexity index is 2080. The van der Waals surface area contributed by atoms with Crippen LogP contribution in [0.25, 0.3) is 33.4 Å². The number of benzene rings is 6. The zero-order valence-electron chi connectivity index (χ0n) is 23.9. The van der Waals surface area contributed by atoms with Crippen LogP contribution >= 0.6 is 0 Å². The summed E-state index contributed by atoms with van der Waals surface area (Å²) in [6, 6.07) is 44.5. The van der Waals surface area contributed by atoms with E-state index in [1.807, 2.05) is 36.4 Å². The molecule has 0 saturated heterocycles. The van der Waals surface area contributed by atoms with Crippen LogP contribution in [0.5, 0.6) is 0 Å². The van der Waals surface area contributed by atoms with Gasteiger partial charge in [0.15, 0.2) is 5.78 Å². The Morgan fingerprint density at radius 1 is 0.535 bits per heavy atom. The second-order valence-corrected chi connectivity index (χ2v) is 11.9. The van der Waals surface area contributed by atoms with Gasteiger partial charge in [-0.1, -0.05) is 105 Å². The van der Waals surface area contributed by atoms with E-state index in [0.717, 1.165) is 39.3 Å². The molecule has 6 aromatic carbocycles. The Balaban J connectivity index is 1.33. The van der Waals surface area contributed by atoms with Crippen LogP contribution < -0.4 is 4.90 Å². The summed E-state index contributed by atoms with van der Waals surface area (Å²) in [5, 5.41) is 0. The van der Waals surface area contributed by atoms with Gasteiger partial charge in [0.05, 0.1) is 11.3 Å².